The molecule has 2 N–H and O–H groups in total. The minimum Gasteiger partial charge on any atom is -0.507 e. The number of carbonyl (C=O) groups excluding carboxylic acids is 1. The number of para-hydroxylation sites is 1. The molecule has 0 atom stereocenters. The maximum Gasteiger partial charge on any atom is 0.259 e. The molecule has 0 saturated carbocycles. The Morgan fingerprint density at radius 2 is 2.00 bits per heavy atom. The average Bonchev–Trinajstić information content (AvgIpc) is 2.42. The Labute approximate surface area is 114 Å². The number of amides is 1. The van der Waals surface area contributed by atoms with Crippen LogP contribution in [-0.2, 0) is 0 Å². The molecule has 0 aliphatic rings. The summed E-state index contributed by atoms with van der Waals surface area (Å²) in [4.78, 5) is 12.9. The molecular weight excluding hydrogens is 265 g/mol. The van der Waals surface area contributed by atoms with Crippen LogP contribution in [0.15, 0.2) is 47.4 Å². The Morgan fingerprint density at radius 1 is 1.26 bits per heavy atom. The average molecular weight is 277 g/mol. The monoisotopic (exact) mass is 277 g/mol. The van der Waals surface area contributed by atoms with Crippen LogP contribution in [0.4, 0.5) is 10.1 Å². The first kappa shape index (κ1) is 13.4. The van der Waals surface area contributed by atoms with E-state index in [2.05, 4.69) is 5.32 Å². The molecule has 2 aromatic carbocycles. The molecule has 98 valence electrons. The number of aromatic hydroxyl groups is 1. The molecule has 0 aliphatic carbocycles. The molecule has 19 heavy (non-hydrogen) atoms. The zero-order chi connectivity index (χ0) is 13.8. The molecule has 0 saturated heterocycles. The van der Waals surface area contributed by atoms with Gasteiger partial charge >= 0.3 is 0 Å². The lowest BCUT2D eigenvalue weighted by Crippen LogP contribution is -2.13. The van der Waals surface area contributed by atoms with Crippen LogP contribution in [-0.4, -0.2) is 17.3 Å². The molecule has 3 nitrogen and oxygen atoms in total. The first-order valence-electron chi connectivity index (χ1n) is 5.54. The van der Waals surface area contributed by atoms with E-state index in [0.717, 1.165) is 23.1 Å². The molecule has 0 spiro atoms. The summed E-state index contributed by atoms with van der Waals surface area (Å²) in [6, 6.07) is 10.5. The van der Waals surface area contributed by atoms with Gasteiger partial charge in [0.1, 0.15) is 11.6 Å². The van der Waals surface area contributed by atoms with Gasteiger partial charge in [0.15, 0.2) is 0 Å². The number of halogens is 1. The van der Waals surface area contributed by atoms with Gasteiger partial charge in [-0.2, -0.15) is 0 Å². The Kier molecular flexibility index (Phi) is 4.06. The van der Waals surface area contributed by atoms with Crippen molar-refractivity contribution >= 4 is 23.4 Å². The van der Waals surface area contributed by atoms with Crippen LogP contribution in [0, 0.1) is 5.82 Å². The number of hydrogen-bond donors (Lipinski definition) is 2. The van der Waals surface area contributed by atoms with Crippen molar-refractivity contribution < 1.29 is 14.3 Å². The third kappa shape index (κ3) is 3.06. The number of hydrogen-bond acceptors (Lipinski definition) is 3. The second-order valence-electron chi connectivity index (χ2n) is 3.82. The maximum absolute atomic E-state index is 13.1. The lowest BCUT2D eigenvalue weighted by molar-refractivity contribution is 0.102. The minimum absolute atomic E-state index is 0.0871. The first-order chi connectivity index (χ1) is 9.11. The number of phenols is 1. The van der Waals surface area contributed by atoms with Gasteiger partial charge in [-0.05, 0) is 36.6 Å². The number of benzene rings is 2. The highest BCUT2D eigenvalue weighted by molar-refractivity contribution is 7.98. The van der Waals surface area contributed by atoms with Gasteiger partial charge in [0.25, 0.3) is 5.91 Å². The van der Waals surface area contributed by atoms with Gasteiger partial charge < -0.3 is 10.4 Å². The van der Waals surface area contributed by atoms with E-state index in [4.69, 9.17) is 0 Å². The highest BCUT2D eigenvalue weighted by atomic mass is 32.2. The second-order valence-corrected chi connectivity index (χ2v) is 4.66. The predicted octanol–water partition coefficient (Wildman–Crippen LogP) is 3.51. The summed E-state index contributed by atoms with van der Waals surface area (Å²) in [5.41, 5.74) is 0.541. The Bertz CT molecular complexity index is 616. The predicted molar refractivity (Wildman–Crippen MR) is 74.2 cm³/mol. The van der Waals surface area contributed by atoms with Crippen LogP contribution in [0.5, 0.6) is 5.75 Å². The standard InChI is InChI=1S/C14H12FNO2S/c1-19-13-5-3-2-4-11(13)16-14(18)10-8-9(15)6-7-12(10)17/h2-8,17H,1H3,(H,16,18). The molecular formula is C14H12FNO2S. The van der Waals surface area contributed by atoms with Crippen molar-refractivity contribution in [2.75, 3.05) is 11.6 Å². The normalized spacial score (nSPS) is 10.2. The highest BCUT2D eigenvalue weighted by Gasteiger charge is 2.13. The fraction of sp³-hybridized carbons (Fsp3) is 0.0714. The van der Waals surface area contributed by atoms with E-state index < -0.39 is 11.7 Å². The van der Waals surface area contributed by atoms with Gasteiger partial charge in [0, 0.05) is 4.90 Å². The number of rotatable bonds is 3. The quantitative estimate of drug-likeness (QED) is 0.844. The summed E-state index contributed by atoms with van der Waals surface area (Å²) >= 11 is 1.49. The van der Waals surface area contributed by atoms with Gasteiger partial charge in [-0.15, -0.1) is 11.8 Å². The van der Waals surface area contributed by atoms with Crippen molar-refractivity contribution in [1.29, 1.82) is 0 Å². The van der Waals surface area contributed by atoms with Crippen LogP contribution in [0.1, 0.15) is 10.4 Å². The molecule has 2 aromatic rings. The van der Waals surface area contributed by atoms with E-state index in [9.17, 15) is 14.3 Å². The summed E-state index contributed by atoms with van der Waals surface area (Å²) in [6.45, 7) is 0. The van der Waals surface area contributed by atoms with Crippen molar-refractivity contribution in [3.05, 3.63) is 53.8 Å². The number of thioether (sulfide) groups is 1. The number of anilines is 1. The lowest BCUT2D eigenvalue weighted by atomic mass is 10.1. The van der Waals surface area contributed by atoms with Gasteiger partial charge in [0.05, 0.1) is 11.3 Å². The smallest absolute Gasteiger partial charge is 0.259 e. The SMILES string of the molecule is CSc1ccccc1NC(=O)c1cc(F)ccc1O. The topological polar surface area (TPSA) is 49.3 Å². The molecule has 0 bridgehead atoms. The molecule has 0 heterocycles. The van der Waals surface area contributed by atoms with Crippen LogP contribution in [0.25, 0.3) is 0 Å². The van der Waals surface area contributed by atoms with Crippen molar-refractivity contribution in [1.82, 2.24) is 0 Å². The summed E-state index contributed by atoms with van der Waals surface area (Å²) in [7, 11) is 0. The van der Waals surface area contributed by atoms with Gasteiger partial charge in [-0.25, -0.2) is 4.39 Å². The third-order valence-electron chi connectivity index (χ3n) is 2.56. The lowest BCUT2D eigenvalue weighted by Gasteiger charge is -2.10. The van der Waals surface area contributed by atoms with Crippen molar-refractivity contribution in [2.45, 2.75) is 4.90 Å². The number of carbonyl (C=O) groups is 1. The van der Waals surface area contributed by atoms with E-state index in [1.165, 1.54) is 11.8 Å². The Balaban J connectivity index is 2.28. The van der Waals surface area contributed by atoms with E-state index in [0.29, 0.717) is 5.69 Å². The zero-order valence-corrected chi connectivity index (χ0v) is 11.0. The van der Waals surface area contributed by atoms with Crippen molar-refractivity contribution in [2.24, 2.45) is 0 Å². The number of nitrogens with one attached hydrogen (secondary N) is 1. The molecule has 0 unspecified atom stereocenters. The second kappa shape index (κ2) is 5.75. The third-order valence-corrected chi connectivity index (χ3v) is 3.35. The van der Waals surface area contributed by atoms with E-state index >= 15 is 0 Å². The van der Waals surface area contributed by atoms with E-state index in [-0.39, 0.29) is 11.3 Å². The molecule has 0 aliphatic heterocycles. The summed E-state index contributed by atoms with van der Waals surface area (Å²) in [6.07, 6.45) is 1.89. The zero-order valence-electron chi connectivity index (χ0n) is 10.2. The van der Waals surface area contributed by atoms with Crippen LogP contribution < -0.4 is 5.32 Å². The summed E-state index contributed by atoms with van der Waals surface area (Å²) < 4.78 is 13.1. The Morgan fingerprint density at radius 3 is 2.74 bits per heavy atom. The van der Waals surface area contributed by atoms with Gasteiger partial charge in [-0.3, -0.25) is 4.79 Å². The molecule has 1 amide bonds. The summed E-state index contributed by atoms with van der Waals surface area (Å²) in [5, 5.41) is 12.2. The van der Waals surface area contributed by atoms with E-state index in [1.54, 1.807) is 12.1 Å². The van der Waals surface area contributed by atoms with Crippen molar-refractivity contribution in [3.8, 4) is 5.75 Å². The van der Waals surface area contributed by atoms with Crippen molar-refractivity contribution in [3.63, 3.8) is 0 Å². The fourth-order valence-electron chi connectivity index (χ4n) is 1.63. The largest absolute Gasteiger partial charge is 0.507 e. The minimum atomic E-state index is -0.568. The number of phenolic OH excluding ortho intramolecular Hbond substituents is 1. The maximum atomic E-state index is 13.1. The fourth-order valence-corrected chi connectivity index (χ4v) is 2.18. The first-order valence-corrected chi connectivity index (χ1v) is 6.77. The Hall–Kier alpha value is -2.01. The van der Waals surface area contributed by atoms with Gasteiger partial charge in [-0.1, -0.05) is 12.1 Å². The molecule has 0 radical (unpaired) electrons. The van der Waals surface area contributed by atoms with Crippen LogP contribution >= 0.6 is 11.8 Å². The van der Waals surface area contributed by atoms with Crippen LogP contribution in [0.3, 0.4) is 0 Å². The molecule has 5 heteroatoms. The van der Waals surface area contributed by atoms with Crippen LogP contribution in [0.2, 0.25) is 0 Å². The highest BCUT2D eigenvalue weighted by Crippen LogP contribution is 2.26. The van der Waals surface area contributed by atoms with Gasteiger partial charge in [0.2, 0.25) is 0 Å². The molecule has 0 aromatic heterocycles. The summed E-state index contributed by atoms with van der Waals surface area (Å²) in [5.74, 6) is -1.36. The van der Waals surface area contributed by atoms with E-state index in [1.807, 2.05) is 18.4 Å². The molecule has 2 rings (SSSR count). The molecule has 0 fully saturated rings.